The summed E-state index contributed by atoms with van der Waals surface area (Å²) in [5, 5.41) is 0. The third-order valence-electron chi connectivity index (χ3n) is 2.57. The van der Waals surface area contributed by atoms with Crippen LogP contribution in [0.4, 0.5) is 5.82 Å². The first kappa shape index (κ1) is 10.9. The fourth-order valence-electron chi connectivity index (χ4n) is 1.64. The average molecular weight is 221 g/mol. The average Bonchev–Trinajstić information content (AvgIpc) is 2.33. The third-order valence-corrected chi connectivity index (χ3v) is 2.57. The number of aromatic nitrogens is 1. The smallest absolute Gasteiger partial charge is 0.227 e. The van der Waals surface area contributed by atoms with Crippen LogP contribution in [0, 0.1) is 0 Å². The molecule has 0 aromatic carbocycles. The number of pyridine rings is 1. The summed E-state index contributed by atoms with van der Waals surface area (Å²) in [5.74, 6) is 0.595. The van der Waals surface area contributed by atoms with E-state index in [1.165, 1.54) is 0 Å². The molecule has 0 spiro atoms. The summed E-state index contributed by atoms with van der Waals surface area (Å²) in [7, 11) is 0. The Labute approximate surface area is 94.2 Å². The van der Waals surface area contributed by atoms with Crippen molar-refractivity contribution in [2.45, 2.75) is 6.42 Å². The Balaban J connectivity index is 1.93. The number of nitrogens with zero attached hydrogens (tertiary/aromatic N) is 2. The monoisotopic (exact) mass is 221 g/mol. The Morgan fingerprint density at radius 1 is 1.44 bits per heavy atom. The lowest BCUT2D eigenvalue weighted by Crippen LogP contribution is -2.41. The van der Waals surface area contributed by atoms with Crippen molar-refractivity contribution >= 4 is 11.7 Å². The highest BCUT2D eigenvalue weighted by Crippen LogP contribution is 2.06. The van der Waals surface area contributed by atoms with Gasteiger partial charge in [0.05, 0.1) is 19.6 Å². The summed E-state index contributed by atoms with van der Waals surface area (Å²) in [6.07, 6.45) is 2.03. The third kappa shape index (κ3) is 2.70. The molecule has 1 aromatic rings. The van der Waals surface area contributed by atoms with E-state index in [4.69, 9.17) is 10.5 Å². The predicted octanol–water partition coefficient (Wildman–Crippen LogP) is 0.0651. The van der Waals surface area contributed by atoms with Crippen LogP contribution in [0.2, 0.25) is 0 Å². The summed E-state index contributed by atoms with van der Waals surface area (Å²) >= 11 is 0. The molecule has 16 heavy (non-hydrogen) atoms. The molecular weight excluding hydrogens is 206 g/mol. The molecule has 86 valence electrons. The summed E-state index contributed by atoms with van der Waals surface area (Å²) in [6, 6.07) is 3.54. The van der Waals surface area contributed by atoms with E-state index in [0.717, 1.165) is 5.56 Å². The molecule has 0 unspecified atom stereocenters. The van der Waals surface area contributed by atoms with Gasteiger partial charge in [0.15, 0.2) is 0 Å². The van der Waals surface area contributed by atoms with Crippen molar-refractivity contribution in [2.24, 2.45) is 0 Å². The van der Waals surface area contributed by atoms with Crippen molar-refractivity contribution < 1.29 is 9.53 Å². The molecular formula is C11H15N3O2. The van der Waals surface area contributed by atoms with Crippen LogP contribution >= 0.6 is 0 Å². The molecule has 1 amide bonds. The van der Waals surface area contributed by atoms with E-state index in [0.29, 0.717) is 38.5 Å². The topological polar surface area (TPSA) is 68.5 Å². The lowest BCUT2D eigenvalue weighted by Gasteiger charge is -2.26. The molecule has 1 fully saturated rings. The number of hydrogen-bond acceptors (Lipinski definition) is 4. The lowest BCUT2D eigenvalue weighted by atomic mass is 10.2. The Bertz CT molecular complexity index is 358. The first-order valence-electron chi connectivity index (χ1n) is 5.31. The van der Waals surface area contributed by atoms with Gasteiger partial charge in [0, 0.05) is 19.3 Å². The normalized spacial score (nSPS) is 16.1. The number of nitrogen functional groups attached to an aromatic ring is 1. The van der Waals surface area contributed by atoms with E-state index < -0.39 is 0 Å². The molecule has 0 atom stereocenters. The Kier molecular flexibility index (Phi) is 3.36. The van der Waals surface area contributed by atoms with Crippen LogP contribution in [-0.4, -0.2) is 42.1 Å². The van der Waals surface area contributed by atoms with Crippen molar-refractivity contribution in [1.82, 2.24) is 9.88 Å². The van der Waals surface area contributed by atoms with Gasteiger partial charge < -0.3 is 15.4 Å². The first-order chi connectivity index (χ1) is 7.75. The van der Waals surface area contributed by atoms with Gasteiger partial charge in [-0.3, -0.25) is 4.79 Å². The molecule has 5 nitrogen and oxygen atoms in total. The standard InChI is InChI=1S/C11H15N3O2/c12-10-2-1-9(8-13-10)7-11(15)14-3-5-16-6-4-14/h1-2,8H,3-7H2,(H2,12,13). The molecule has 1 aliphatic heterocycles. The van der Waals surface area contributed by atoms with Gasteiger partial charge >= 0.3 is 0 Å². The van der Waals surface area contributed by atoms with E-state index in [1.807, 2.05) is 11.0 Å². The number of amides is 1. The minimum atomic E-state index is 0.120. The Hall–Kier alpha value is -1.62. The van der Waals surface area contributed by atoms with Crippen LogP contribution in [0.5, 0.6) is 0 Å². The van der Waals surface area contributed by atoms with Crippen LogP contribution in [0.15, 0.2) is 18.3 Å². The molecule has 1 aliphatic rings. The number of ether oxygens (including phenoxy) is 1. The zero-order valence-electron chi connectivity index (χ0n) is 9.06. The maximum Gasteiger partial charge on any atom is 0.227 e. The molecule has 0 bridgehead atoms. The number of nitrogens with two attached hydrogens (primary N) is 1. The first-order valence-corrected chi connectivity index (χ1v) is 5.31. The Morgan fingerprint density at radius 3 is 2.81 bits per heavy atom. The van der Waals surface area contributed by atoms with E-state index in [1.54, 1.807) is 12.3 Å². The van der Waals surface area contributed by atoms with Gasteiger partial charge in [0.1, 0.15) is 5.82 Å². The second-order valence-corrected chi connectivity index (χ2v) is 3.76. The SMILES string of the molecule is Nc1ccc(CC(=O)N2CCOCC2)cn1. The lowest BCUT2D eigenvalue weighted by molar-refractivity contribution is -0.134. The molecule has 0 saturated carbocycles. The molecule has 0 radical (unpaired) electrons. The van der Waals surface area contributed by atoms with Crippen LogP contribution in [0.25, 0.3) is 0 Å². The van der Waals surface area contributed by atoms with Gasteiger partial charge in [-0.25, -0.2) is 4.98 Å². The van der Waals surface area contributed by atoms with Crippen LogP contribution in [-0.2, 0) is 16.0 Å². The summed E-state index contributed by atoms with van der Waals surface area (Å²) < 4.78 is 5.19. The second-order valence-electron chi connectivity index (χ2n) is 3.76. The molecule has 1 aromatic heterocycles. The molecule has 1 saturated heterocycles. The van der Waals surface area contributed by atoms with Gasteiger partial charge in [0.25, 0.3) is 0 Å². The minimum absolute atomic E-state index is 0.120. The van der Waals surface area contributed by atoms with Crippen molar-refractivity contribution in [3.63, 3.8) is 0 Å². The number of carbonyl (C=O) groups is 1. The van der Waals surface area contributed by atoms with Gasteiger partial charge in [-0.05, 0) is 11.6 Å². The van der Waals surface area contributed by atoms with Gasteiger partial charge in [-0.15, -0.1) is 0 Å². The van der Waals surface area contributed by atoms with Gasteiger partial charge in [0.2, 0.25) is 5.91 Å². The number of rotatable bonds is 2. The van der Waals surface area contributed by atoms with E-state index in [9.17, 15) is 4.79 Å². The number of hydrogen-bond donors (Lipinski definition) is 1. The minimum Gasteiger partial charge on any atom is -0.384 e. The van der Waals surface area contributed by atoms with E-state index in [-0.39, 0.29) is 5.91 Å². The Morgan fingerprint density at radius 2 is 2.19 bits per heavy atom. The quantitative estimate of drug-likeness (QED) is 0.767. The highest BCUT2D eigenvalue weighted by Gasteiger charge is 2.16. The maximum absolute atomic E-state index is 11.9. The largest absolute Gasteiger partial charge is 0.384 e. The highest BCUT2D eigenvalue weighted by molar-refractivity contribution is 5.78. The molecule has 2 rings (SSSR count). The summed E-state index contributed by atoms with van der Waals surface area (Å²) in [6.45, 7) is 2.62. The second kappa shape index (κ2) is 4.94. The zero-order valence-corrected chi connectivity index (χ0v) is 9.06. The van der Waals surface area contributed by atoms with Crippen molar-refractivity contribution in [1.29, 1.82) is 0 Å². The molecule has 5 heteroatoms. The summed E-state index contributed by atoms with van der Waals surface area (Å²) in [4.78, 5) is 17.6. The highest BCUT2D eigenvalue weighted by atomic mass is 16.5. The fourth-order valence-corrected chi connectivity index (χ4v) is 1.64. The molecule has 2 N–H and O–H groups in total. The number of carbonyl (C=O) groups excluding carboxylic acids is 1. The number of anilines is 1. The zero-order chi connectivity index (χ0) is 11.4. The van der Waals surface area contributed by atoms with E-state index >= 15 is 0 Å². The van der Waals surface area contributed by atoms with Crippen LogP contribution in [0.3, 0.4) is 0 Å². The number of morpholine rings is 1. The molecule has 2 heterocycles. The maximum atomic E-state index is 11.9. The fraction of sp³-hybridized carbons (Fsp3) is 0.455. The van der Waals surface area contributed by atoms with Crippen LogP contribution in [0.1, 0.15) is 5.56 Å². The summed E-state index contributed by atoms with van der Waals surface area (Å²) in [5.41, 5.74) is 6.37. The van der Waals surface area contributed by atoms with Crippen molar-refractivity contribution in [3.05, 3.63) is 23.9 Å². The van der Waals surface area contributed by atoms with Crippen molar-refractivity contribution in [2.75, 3.05) is 32.0 Å². The van der Waals surface area contributed by atoms with Crippen LogP contribution < -0.4 is 5.73 Å². The van der Waals surface area contributed by atoms with Crippen molar-refractivity contribution in [3.8, 4) is 0 Å². The van der Waals surface area contributed by atoms with E-state index in [2.05, 4.69) is 4.98 Å². The van der Waals surface area contributed by atoms with Gasteiger partial charge in [-0.2, -0.15) is 0 Å². The predicted molar refractivity (Wildman–Crippen MR) is 59.8 cm³/mol. The van der Waals surface area contributed by atoms with Gasteiger partial charge in [-0.1, -0.05) is 6.07 Å². The molecule has 0 aliphatic carbocycles.